The third-order valence-electron chi connectivity index (χ3n) is 5.86. The molecule has 0 aliphatic carbocycles. The lowest BCUT2D eigenvalue weighted by Gasteiger charge is -2.47. The molecule has 2 heterocycles. The van der Waals surface area contributed by atoms with E-state index in [1.54, 1.807) is 0 Å². The Bertz CT molecular complexity index is 433. The fraction of sp³-hybridized carbons (Fsp3) is 0.950. The first-order valence-electron chi connectivity index (χ1n) is 9.69. The minimum atomic E-state index is -0.528. The number of ether oxygens (including phenoxy) is 3. The van der Waals surface area contributed by atoms with Gasteiger partial charge in [-0.25, -0.2) is 0 Å². The van der Waals surface area contributed by atoms with E-state index < -0.39 is 5.79 Å². The molecule has 2 aliphatic rings. The first kappa shape index (κ1) is 19.7. The van der Waals surface area contributed by atoms with Crippen LogP contribution in [0.15, 0.2) is 0 Å². The van der Waals surface area contributed by atoms with Crippen molar-refractivity contribution < 1.29 is 19.0 Å². The highest BCUT2D eigenvalue weighted by Gasteiger charge is 2.43. The largest absolute Gasteiger partial charge is 0.462 e. The van der Waals surface area contributed by atoms with Crippen LogP contribution >= 0.6 is 0 Å². The summed E-state index contributed by atoms with van der Waals surface area (Å²) >= 11 is 0. The predicted molar refractivity (Wildman–Crippen MR) is 94.5 cm³/mol. The standard InChI is InChI=1S/C20H36O4/c1-8-16-15(5)19(24-20(6,7)23-16)14(4)11-13(3)18-12(2)9-10-17(21)22-18/h12-16,18-19H,8-11H2,1-7H3/t12-,13-,14-,15-,16+,18+,19+/m1/s1. The van der Waals surface area contributed by atoms with Gasteiger partial charge in [-0.05, 0) is 50.9 Å². The summed E-state index contributed by atoms with van der Waals surface area (Å²) < 4.78 is 18.0. The van der Waals surface area contributed by atoms with Gasteiger partial charge in [-0.15, -0.1) is 0 Å². The molecule has 2 rings (SSSR count). The first-order valence-corrected chi connectivity index (χ1v) is 9.69. The molecular weight excluding hydrogens is 304 g/mol. The van der Waals surface area contributed by atoms with E-state index in [1.807, 2.05) is 13.8 Å². The second-order valence-corrected chi connectivity index (χ2v) is 8.57. The maximum absolute atomic E-state index is 11.7. The Morgan fingerprint density at radius 2 is 1.75 bits per heavy atom. The van der Waals surface area contributed by atoms with Gasteiger partial charge in [0.25, 0.3) is 0 Å². The van der Waals surface area contributed by atoms with Crippen molar-refractivity contribution >= 4 is 5.97 Å². The van der Waals surface area contributed by atoms with Gasteiger partial charge in [-0.3, -0.25) is 4.79 Å². The molecule has 140 valence electrons. The van der Waals surface area contributed by atoms with Crippen molar-refractivity contribution in [2.75, 3.05) is 0 Å². The summed E-state index contributed by atoms with van der Waals surface area (Å²) in [4.78, 5) is 11.7. The van der Waals surface area contributed by atoms with Crippen LogP contribution in [0.4, 0.5) is 0 Å². The molecular formula is C20H36O4. The SMILES string of the molecule is CC[C@@H]1OC(C)(C)O[C@@H]([C@H](C)C[C@@H](C)[C@H]2OC(=O)CC[C@H]2C)[C@@H]1C. The molecule has 0 bridgehead atoms. The van der Waals surface area contributed by atoms with Gasteiger partial charge in [0, 0.05) is 12.3 Å². The molecule has 0 N–H and O–H groups in total. The average Bonchev–Trinajstić information content (AvgIpc) is 2.51. The molecule has 0 spiro atoms. The summed E-state index contributed by atoms with van der Waals surface area (Å²) in [5.41, 5.74) is 0. The Kier molecular flexibility index (Phi) is 6.35. The summed E-state index contributed by atoms with van der Waals surface area (Å²) in [6.45, 7) is 15.1. The van der Waals surface area contributed by atoms with E-state index >= 15 is 0 Å². The Morgan fingerprint density at radius 1 is 1.12 bits per heavy atom. The average molecular weight is 341 g/mol. The Morgan fingerprint density at radius 3 is 2.38 bits per heavy atom. The Balaban J connectivity index is 2.01. The molecule has 4 nitrogen and oxygen atoms in total. The summed E-state index contributed by atoms with van der Waals surface area (Å²) in [6, 6.07) is 0. The zero-order chi connectivity index (χ0) is 18.1. The van der Waals surface area contributed by atoms with Crippen LogP contribution in [0.2, 0.25) is 0 Å². The quantitative estimate of drug-likeness (QED) is 0.688. The van der Waals surface area contributed by atoms with Crippen molar-refractivity contribution in [2.24, 2.45) is 23.7 Å². The summed E-state index contributed by atoms with van der Waals surface area (Å²) in [5, 5.41) is 0. The van der Waals surface area contributed by atoms with Crippen LogP contribution in [0.1, 0.15) is 74.1 Å². The molecule has 0 amide bonds. The topological polar surface area (TPSA) is 44.8 Å². The summed E-state index contributed by atoms with van der Waals surface area (Å²) in [5.74, 6) is 0.996. The highest BCUT2D eigenvalue weighted by Crippen LogP contribution is 2.39. The molecule has 0 aromatic carbocycles. The van der Waals surface area contributed by atoms with E-state index in [9.17, 15) is 4.79 Å². The molecule has 24 heavy (non-hydrogen) atoms. The van der Waals surface area contributed by atoms with Crippen molar-refractivity contribution in [3.63, 3.8) is 0 Å². The lowest BCUT2D eigenvalue weighted by molar-refractivity contribution is -0.327. The van der Waals surface area contributed by atoms with Crippen LogP contribution in [0.25, 0.3) is 0 Å². The minimum absolute atomic E-state index is 0.0406. The molecule has 0 aromatic heterocycles. The molecule has 2 fully saturated rings. The van der Waals surface area contributed by atoms with Gasteiger partial charge in [-0.1, -0.05) is 34.6 Å². The minimum Gasteiger partial charge on any atom is -0.462 e. The molecule has 0 unspecified atom stereocenters. The highest BCUT2D eigenvalue weighted by atomic mass is 16.7. The third-order valence-corrected chi connectivity index (χ3v) is 5.86. The number of esters is 1. The Hall–Kier alpha value is -0.610. The fourth-order valence-electron chi connectivity index (χ4n) is 4.60. The zero-order valence-electron chi connectivity index (χ0n) is 16.5. The highest BCUT2D eigenvalue weighted by molar-refractivity contribution is 5.70. The Labute approximate surface area is 147 Å². The van der Waals surface area contributed by atoms with Crippen molar-refractivity contribution in [2.45, 2.75) is 98.2 Å². The van der Waals surface area contributed by atoms with Gasteiger partial charge in [0.1, 0.15) is 6.10 Å². The summed E-state index contributed by atoms with van der Waals surface area (Å²) in [6.07, 6.45) is 3.97. The van der Waals surface area contributed by atoms with E-state index in [0.717, 1.165) is 19.3 Å². The van der Waals surface area contributed by atoms with Crippen LogP contribution in [0, 0.1) is 23.7 Å². The fourth-order valence-corrected chi connectivity index (χ4v) is 4.60. The second-order valence-electron chi connectivity index (χ2n) is 8.57. The number of rotatable bonds is 5. The lowest BCUT2D eigenvalue weighted by atomic mass is 9.78. The zero-order valence-corrected chi connectivity index (χ0v) is 16.5. The molecule has 2 saturated heterocycles. The maximum Gasteiger partial charge on any atom is 0.306 e. The van der Waals surface area contributed by atoms with Crippen molar-refractivity contribution in [1.82, 2.24) is 0 Å². The number of carbonyl (C=O) groups is 1. The van der Waals surface area contributed by atoms with Crippen LogP contribution in [0.3, 0.4) is 0 Å². The second kappa shape index (κ2) is 7.74. The van der Waals surface area contributed by atoms with Gasteiger partial charge < -0.3 is 14.2 Å². The van der Waals surface area contributed by atoms with E-state index in [-0.39, 0.29) is 24.3 Å². The van der Waals surface area contributed by atoms with Crippen LogP contribution in [-0.4, -0.2) is 30.1 Å². The lowest BCUT2D eigenvalue weighted by Crippen LogP contribution is -2.52. The van der Waals surface area contributed by atoms with E-state index in [2.05, 4.69) is 34.6 Å². The molecule has 2 aliphatic heterocycles. The molecule has 0 aromatic rings. The van der Waals surface area contributed by atoms with Gasteiger partial charge in [0.05, 0.1) is 12.2 Å². The van der Waals surface area contributed by atoms with Crippen molar-refractivity contribution in [1.29, 1.82) is 0 Å². The van der Waals surface area contributed by atoms with Gasteiger partial charge in [-0.2, -0.15) is 0 Å². The predicted octanol–water partition coefficient (Wildman–Crippen LogP) is 4.56. The van der Waals surface area contributed by atoms with E-state index in [4.69, 9.17) is 14.2 Å². The smallest absolute Gasteiger partial charge is 0.306 e. The van der Waals surface area contributed by atoms with Gasteiger partial charge in [0.2, 0.25) is 0 Å². The number of cyclic esters (lactones) is 1. The van der Waals surface area contributed by atoms with Gasteiger partial charge >= 0.3 is 5.97 Å². The van der Waals surface area contributed by atoms with Crippen LogP contribution in [-0.2, 0) is 19.0 Å². The molecule has 0 saturated carbocycles. The third kappa shape index (κ3) is 4.51. The first-order chi connectivity index (χ1) is 11.1. The van der Waals surface area contributed by atoms with Crippen LogP contribution < -0.4 is 0 Å². The van der Waals surface area contributed by atoms with E-state index in [1.165, 1.54) is 0 Å². The number of hydrogen-bond acceptors (Lipinski definition) is 4. The number of hydrogen-bond donors (Lipinski definition) is 0. The maximum atomic E-state index is 11.7. The molecule has 0 radical (unpaired) electrons. The number of carbonyl (C=O) groups excluding carboxylic acids is 1. The van der Waals surface area contributed by atoms with E-state index in [0.29, 0.717) is 30.1 Å². The molecule has 7 atom stereocenters. The van der Waals surface area contributed by atoms with Crippen LogP contribution in [0.5, 0.6) is 0 Å². The monoisotopic (exact) mass is 340 g/mol. The van der Waals surface area contributed by atoms with Gasteiger partial charge in [0.15, 0.2) is 5.79 Å². The van der Waals surface area contributed by atoms with Crippen molar-refractivity contribution in [3.8, 4) is 0 Å². The summed E-state index contributed by atoms with van der Waals surface area (Å²) in [7, 11) is 0. The van der Waals surface area contributed by atoms with Crippen molar-refractivity contribution in [3.05, 3.63) is 0 Å². The molecule has 4 heteroatoms. The normalized spacial score (nSPS) is 39.1.